The summed E-state index contributed by atoms with van der Waals surface area (Å²) in [7, 11) is 0. The van der Waals surface area contributed by atoms with Crippen molar-refractivity contribution in [1.82, 2.24) is 0 Å². The van der Waals surface area contributed by atoms with Gasteiger partial charge in [0.2, 0.25) is 5.78 Å². The Morgan fingerprint density at radius 2 is 2.05 bits per heavy atom. The number of rotatable bonds is 1. The molecule has 0 unspecified atom stereocenters. The van der Waals surface area contributed by atoms with Crippen molar-refractivity contribution in [3.63, 3.8) is 0 Å². The molecular weight excluding hydrogens is 232 g/mol. The lowest BCUT2D eigenvalue weighted by molar-refractivity contribution is -0.134. The molecule has 1 aromatic rings. The third-order valence-electron chi connectivity index (χ3n) is 5.34. The summed E-state index contributed by atoms with van der Waals surface area (Å²) in [5.41, 5.74) is 0.822. The molecule has 2 bridgehead atoms. The second kappa shape index (κ2) is 3.84. The summed E-state index contributed by atoms with van der Waals surface area (Å²) in [6.45, 7) is 0. The third kappa shape index (κ3) is 1.40. The Labute approximate surface area is 113 Å². The van der Waals surface area contributed by atoms with Crippen LogP contribution in [0.1, 0.15) is 24.8 Å². The molecule has 0 heterocycles. The second-order valence-electron chi connectivity index (χ2n) is 6.02. The molecule has 1 aromatic carbocycles. The van der Waals surface area contributed by atoms with Crippen LogP contribution in [0.15, 0.2) is 42.5 Å². The van der Waals surface area contributed by atoms with Crippen molar-refractivity contribution in [3.05, 3.63) is 48.0 Å². The molecule has 0 aromatic heterocycles. The van der Waals surface area contributed by atoms with Gasteiger partial charge in [-0.15, -0.1) is 0 Å². The maximum Gasteiger partial charge on any atom is 0.212 e. The number of hydrogen-bond donors (Lipinski definition) is 0. The lowest BCUT2D eigenvalue weighted by atomic mass is 9.53. The van der Waals surface area contributed by atoms with Gasteiger partial charge in [0, 0.05) is 5.56 Å². The van der Waals surface area contributed by atoms with Crippen molar-refractivity contribution in [3.8, 4) is 11.8 Å². The highest BCUT2D eigenvalue weighted by Crippen LogP contribution is 2.66. The van der Waals surface area contributed by atoms with Gasteiger partial charge in [0.15, 0.2) is 0 Å². The van der Waals surface area contributed by atoms with Crippen LogP contribution in [-0.2, 0) is 4.79 Å². The molecular formula is C18H16O. The fourth-order valence-corrected chi connectivity index (χ4v) is 4.30. The van der Waals surface area contributed by atoms with Crippen molar-refractivity contribution in [1.29, 1.82) is 0 Å². The van der Waals surface area contributed by atoms with Crippen molar-refractivity contribution in [2.75, 3.05) is 0 Å². The van der Waals surface area contributed by atoms with Crippen LogP contribution in [0.3, 0.4) is 0 Å². The van der Waals surface area contributed by atoms with Crippen LogP contribution in [0.5, 0.6) is 0 Å². The highest BCUT2D eigenvalue weighted by Gasteiger charge is 2.64. The molecule has 4 atom stereocenters. The molecule has 0 spiro atoms. The first kappa shape index (κ1) is 11.1. The van der Waals surface area contributed by atoms with Gasteiger partial charge in [-0.1, -0.05) is 36.3 Å². The van der Waals surface area contributed by atoms with Gasteiger partial charge in [-0.25, -0.2) is 0 Å². The monoisotopic (exact) mass is 248 g/mol. The molecule has 94 valence electrons. The number of ketones is 1. The Kier molecular flexibility index (Phi) is 2.23. The Morgan fingerprint density at radius 1 is 1.21 bits per heavy atom. The van der Waals surface area contributed by atoms with Gasteiger partial charge in [0.05, 0.1) is 5.41 Å². The van der Waals surface area contributed by atoms with Crippen LogP contribution in [0.25, 0.3) is 0 Å². The molecule has 0 amide bonds. The number of carbonyl (C=O) groups is 1. The average Bonchev–Trinajstić information content (AvgIpc) is 2.93. The number of fused-ring (bicyclic) bond motifs is 5. The van der Waals surface area contributed by atoms with Crippen LogP contribution in [-0.4, -0.2) is 5.78 Å². The van der Waals surface area contributed by atoms with Gasteiger partial charge >= 0.3 is 0 Å². The molecule has 3 aliphatic rings. The zero-order valence-corrected chi connectivity index (χ0v) is 10.8. The summed E-state index contributed by atoms with van der Waals surface area (Å²) in [6, 6.07) is 9.79. The van der Waals surface area contributed by atoms with Crippen molar-refractivity contribution in [2.45, 2.75) is 19.3 Å². The zero-order chi connectivity index (χ0) is 12.9. The molecule has 19 heavy (non-hydrogen) atoms. The second-order valence-corrected chi connectivity index (χ2v) is 6.02. The maximum absolute atomic E-state index is 12.6. The summed E-state index contributed by atoms with van der Waals surface area (Å²) in [6.07, 6.45) is 8.03. The minimum Gasteiger partial charge on any atom is -0.284 e. The van der Waals surface area contributed by atoms with E-state index in [0.29, 0.717) is 17.8 Å². The molecule has 0 aliphatic heterocycles. The zero-order valence-electron chi connectivity index (χ0n) is 10.8. The summed E-state index contributed by atoms with van der Waals surface area (Å²) >= 11 is 0. The number of benzene rings is 1. The molecule has 2 fully saturated rings. The van der Waals surface area contributed by atoms with E-state index in [1.165, 1.54) is 12.8 Å². The minimum atomic E-state index is -0.110. The van der Waals surface area contributed by atoms with E-state index in [2.05, 4.69) is 24.0 Å². The molecule has 4 rings (SSSR count). The summed E-state index contributed by atoms with van der Waals surface area (Å²) in [4.78, 5) is 12.6. The largest absolute Gasteiger partial charge is 0.284 e. The van der Waals surface area contributed by atoms with E-state index in [9.17, 15) is 4.79 Å². The number of Topliss-reactive ketones (excluding diaryl/α,β-unsaturated/α-hetero) is 1. The number of hydrogen-bond acceptors (Lipinski definition) is 1. The van der Waals surface area contributed by atoms with Crippen LogP contribution in [0.4, 0.5) is 0 Å². The van der Waals surface area contributed by atoms with Gasteiger partial charge in [-0.05, 0) is 55.1 Å². The van der Waals surface area contributed by atoms with Crippen LogP contribution in [0.2, 0.25) is 0 Å². The van der Waals surface area contributed by atoms with Crippen molar-refractivity contribution < 1.29 is 4.79 Å². The first-order valence-electron chi connectivity index (χ1n) is 7.10. The molecule has 0 N–H and O–H groups in total. The molecule has 1 nitrogen and oxygen atoms in total. The van der Waals surface area contributed by atoms with E-state index >= 15 is 0 Å². The Balaban J connectivity index is 1.63. The lowest BCUT2D eigenvalue weighted by Crippen LogP contribution is -2.49. The summed E-state index contributed by atoms with van der Waals surface area (Å²) < 4.78 is 0. The normalized spacial score (nSPS) is 37.2. The lowest BCUT2D eigenvalue weighted by Gasteiger charge is -2.48. The third-order valence-corrected chi connectivity index (χ3v) is 5.34. The standard InChI is InChI=1S/C18H16O/c19-17(9-6-13-4-2-1-3-5-13)18-11-10-16(18)14-7-8-15(18)12-14/h1-5,7-8,14-16H,10-12H2/t14-,15+,16+,18+/m0/s1. The van der Waals surface area contributed by atoms with Gasteiger partial charge in [0.1, 0.15) is 0 Å². The number of carbonyl (C=O) groups excluding carboxylic acids is 1. The quantitative estimate of drug-likeness (QED) is 0.551. The molecule has 0 radical (unpaired) electrons. The minimum absolute atomic E-state index is 0.110. The van der Waals surface area contributed by atoms with Crippen molar-refractivity contribution >= 4 is 5.78 Å². The van der Waals surface area contributed by atoms with Crippen LogP contribution < -0.4 is 0 Å². The van der Waals surface area contributed by atoms with Gasteiger partial charge in [-0.2, -0.15) is 0 Å². The number of allylic oxidation sites excluding steroid dienone is 2. The summed E-state index contributed by atoms with van der Waals surface area (Å²) in [5, 5.41) is 0. The van der Waals surface area contributed by atoms with Crippen LogP contribution >= 0.6 is 0 Å². The first-order valence-corrected chi connectivity index (χ1v) is 7.10. The van der Waals surface area contributed by atoms with Crippen molar-refractivity contribution in [2.24, 2.45) is 23.2 Å². The molecule has 1 heteroatoms. The van der Waals surface area contributed by atoms with E-state index < -0.39 is 0 Å². The van der Waals surface area contributed by atoms with E-state index in [1.54, 1.807) is 0 Å². The average molecular weight is 248 g/mol. The summed E-state index contributed by atoms with van der Waals surface area (Å²) in [5.74, 6) is 7.85. The smallest absolute Gasteiger partial charge is 0.212 e. The van der Waals surface area contributed by atoms with E-state index in [4.69, 9.17) is 0 Å². The first-order chi connectivity index (χ1) is 9.30. The molecule has 0 saturated heterocycles. The predicted molar refractivity (Wildman–Crippen MR) is 74.2 cm³/mol. The molecule has 2 saturated carbocycles. The highest BCUT2D eigenvalue weighted by atomic mass is 16.1. The predicted octanol–water partition coefficient (Wildman–Crippen LogP) is 3.21. The Morgan fingerprint density at radius 3 is 2.74 bits per heavy atom. The fraction of sp³-hybridized carbons (Fsp3) is 0.389. The topological polar surface area (TPSA) is 17.1 Å². The fourth-order valence-electron chi connectivity index (χ4n) is 4.30. The van der Waals surface area contributed by atoms with Gasteiger partial charge in [0.25, 0.3) is 0 Å². The molecule has 3 aliphatic carbocycles. The maximum atomic E-state index is 12.6. The van der Waals surface area contributed by atoms with E-state index in [0.717, 1.165) is 12.0 Å². The highest BCUT2D eigenvalue weighted by molar-refractivity contribution is 6.02. The van der Waals surface area contributed by atoms with E-state index in [1.807, 2.05) is 30.3 Å². The SMILES string of the molecule is O=C(C#Cc1ccccc1)[C@@]12CC[C@@H]1[C@H]1C=C[C@@H]2C1. The van der Waals surface area contributed by atoms with Gasteiger partial charge in [-0.3, -0.25) is 4.79 Å². The Hall–Kier alpha value is -1.81. The van der Waals surface area contributed by atoms with Crippen LogP contribution in [0, 0.1) is 35.0 Å². The van der Waals surface area contributed by atoms with Gasteiger partial charge < -0.3 is 0 Å². The Bertz CT molecular complexity index is 616. The van der Waals surface area contributed by atoms with E-state index in [-0.39, 0.29) is 11.2 Å².